The van der Waals surface area contributed by atoms with E-state index in [-0.39, 0.29) is 12.3 Å². The van der Waals surface area contributed by atoms with E-state index in [1.54, 1.807) is 7.11 Å². The highest BCUT2D eigenvalue weighted by Crippen LogP contribution is 2.49. The quantitative estimate of drug-likeness (QED) is 0.262. The number of unbranched alkanes of at least 4 members (excludes halogenated alkanes) is 1. The van der Waals surface area contributed by atoms with E-state index in [1.807, 2.05) is 49.4 Å². The molecule has 0 saturated carbocycles. The molecule has 0 radical (unpaired) electrons. The van der Waals surface area contributed by atoms with Gasteiger partial charge in [0.1, 0.15) is 11.5 Å². The van der Waals surface area contributed by atoms with Gasteiger partial charge in [-0.3, -0.25) is 0 Å². The van der Waals surface area contributed by atoms with Gasteiger partial charge in [0.2, 0.25) is 6.23 Å². The molecule has 0 fully saturated rings. The van der Waals surface area contributed by atoms with Crippen molar-refractivity contribution in [3.63, 3.8) is 0 Å². The number of hydrazone groups is 1. The summed E-state index contributed by atoms with van der Waals surface area (Å²) in [5.74, 6) is 3.17. The Kier molecular flexibility index (Phi) is 7.37. The van der Waals surface area contributed by atoms with E-state index >= 15 is 0 Å². The second-order valence-corrected chi connectivity index (χ2v) is 9.78. The van der Waals surface area contributed by atoms with Crippen LogP contribution in [0, 0.1) is 0 Å². The summed E-state index contributed by atoms with van der Waals surface area (Å²) >= 11 is 3.63. The van der Waals surface area contributed by atoms with E-state index in [0.29, 0.717) is 19.0 Å². The summed E-state index contributed by atoms with van der Waals surface area (Å²) in [6.45, 7) is 5.45. The first-order chi connectivity index (χ1) is 17.6. The summed E-state index contributed by atoms with van der Waals surface area (Å²) in [5, 5.41) is 7.15. The van der Waals surface area contributed by atoms with Crippen molar-refractivity contribution in [2.24, 2.45) is 5.10 Å². The fourth-order valence-electron chi connectivity index (χ4n) is 4.65. The molecule has 0 aliphatic carbocycles. The summed E-state index contributed by atoms with van der Waals surface area (Å²) in [7, 11) is 1.67. The maximum atomic E-state index is 6.54. The molecule has 5 rings (SSSR count). The van der Waals surface area contributed by atoms with Crippen molar-refractivity contribution >= 4 is 21.6 Å². The number of methoxy groups -OCH3 is 1. The van der Waals surface area contributed by atoms with Gasteiger partial charge in [-0.15, -0.1) is 0 Å². The van der Waals surface area contributed by atoms with Gasteiger partial charge in [-0.1, -0.05) is 29.3 Å². The molecule has 188 valence electrons. The number of halogens is 1. The van der Waals surface area contributed by atoms with Crippen molar-refractivity contribution in [1.82, 2.24) is 5.01 Å². The van der Waals surface area contributed by atoms with Gasteiger partial charge in [0.15, 0.2) is 11.5 Å². The fraction of sp³-hybridized carbons (Fsp3) is 0.345. The van der Waals surface area contributed by atoms with Gasteiger partial charge < -0.3 is 18.9 Å². The summed E-state index contributed by atoms with van der Waals surface area (Å²) < 4.78 is 24.8. The lowest BCUT2D eigenvalue weighted by atomic mass is 9.96. The van der Waals surface area contributed by atoms with Crippen LogP contribution < -0.4 is 18.9 Å². The van der Waals surface area contributed by atoms with E-state index < -0.39 is 0 Å². The van der Waals surface area contributed by atoms with E-state index in [0.717, 1.165) is 63.4 Å². The molecule has 3 aromatic rings. The van der Waals surface area contributed by atoms with Crippen molar-refractivity contribution in [3.05, 3.63) is 81.8 Å². The third-order valence-corrected chi connectivity index (χ3v) is 6.97. The van der Waals surface area contributed by atoms with Gasteiger partial charge in [-0.25, -0.2) is 5.01 Å². The molecule has 36 heavy (non-hydrogen) atoms. The molecule has 0 unspecified atom stereocenters. The normalized spacial score (nSPS) is 18.1. The zero-order valence-corrected chi connectivity index (χ0v) is 22.5. The molecule has 0 amide bonds. The van der Waals surface area contributed by atoms with Crippen LogP contribution in [0.1, 0.15) is 62.1 Å². The maximum absolute atomic E-state index is 6.54. The van der Waals surface area contributed by atoms with Crippen molar-refractivity contribution in [2.45, 2.75) is 45.4 Å². The molecule has 0 aromatic heterocycles. The van der Waals surface area contributed by atoms with Gasteiger partial charge in [0.05, 0.1) is 32.1 Å². The van der Waals surface area contributed by atoms with Crippen LogP contribution in [0.25, 0.3) is 0 Å². The first-order valence-corrected chi connectivity index (χ1v) is 13.3. The number of fused-ring (bicyclic) bond motifs is 3. The number of hydrogen-bond donors (Lipinski definition) is 0. The minimum atomic E-state index is -0.387. The lowest BCUT2D eigenvalue weighted by molar-refractivity contribution is -0.0192. The van der Waals surface area contributed by atoms with Crippen LogP contribution in [0.5, 0.6) is 23.0 Å². The molecule has 2 aliphatic heterocycles. The topological polar surface area (TPSA) is 52.5 Å². The van der Waals surface area contributed by atoms with E-state index in [4.69, 9.17) is 24.0 Å². The molecule has 0 bridgehead atoms. The van der Waals surface area contributed by atoms with Crippen LogP contribution in [-0.4, -0.2) is 31.0 Å². The Morgan fingerprint density at radius 1 is 1.00 bits per heavy atom. The fourth-order valence-corrected chi connectivity index (χ4v) is 5.03. The first-order valence-electron chi connectivity index (χ1n) is 12.5. The van der Waals surface area contributed by atoms with Gasteiger partial charge in [0, 0.05) is 22.0 Å². The Bertz CT molecular complexity index is 1240. The molecular weight excluding hydrogens is 520 g/mol. The van der Waals surface area contributed by atoms with Crippen LogP contribution in [0.15, 0.2) is 70.2 Å². The van der Waals surface area contributed by atoms with Crippen LogP contribution in [-0.2, 0) is 0 Å². The second kappa shape index (κ2) is 10.8. The van der Waals surface area contributed by atoms with Crippen LogP contribution >= 0.6 is 15.9 Å². The highest BCUT2D eigenvalue weighted by atomic mass is 79.9. The molecule has 2 heterocycles. The molecule has 2 aliphatic rings. The average molecular weight is 551 g/mol. The summed E-state index contributed by atoms with van der Waals surface area (Å²) in [6, 6.07) is 20.4. The Hall–Kier alpha value is -3.19. The van der Waals surface area contributed by atoms with E-state index in [9.17, 15) is 0 Å². The molecule has 6 nitrogen and oxygen atoms in total. The third kappa shape index (κ3) is 4.89. The predicted octanol–water partition coefficient (Wildman–Crippen LogP) is 7.28. The van der Waals surface area contributed by atoms with Crippen LogP contribution in [0.4, 0.5) is 0 Å². The third-order valence-electron chi connectivity index (χ3n) is 6.48. The standard InChI is InChI=1S/C29H31BrN2O4/c1-4-6-15-35-27-13-9-20(16-28(27)33-3)29-32-25(23-17-21(30)10-14-26(23)36-29)18-24(31-32)19-7-11-22(12-8-19)34-5-2/h7-14,16-17,25,29H,4-6,15,18H2,1-3H3/t25-,29+/m0/s1. The second-order valence-electron chi connectivity index (χ2n) is 8.87. The molecule has 3 aromatic carbocycles. The predicted molar refractivity (Wildman–Crippen MR) is 144 cm³/mol. The van der Waals surface area contributed by atoms with Gasteiger partial charge in [0.25, 0.3) is 0 Å². The largest absolute Gasteiger partial charge is 0.494 e. The highest BCUT2D eigenvalue weighted by molar-refractivity contribution is 9.10. The minimum absolute atomic E-state index is 0.0595. The van der Waals surface area contributed by atoms with Crippen molar-refractivity contribution in [3.8, 4) is 23.0 Å². The Labute approximate surface area is 220 Å². The Morgan fingerprint density at radius 2 is 1.83 bits per heavy atom. The Morgan fingerprint density at radius 3 is 2.58 bits per heavy atom. The summed E-state index contributed by atoms with van der Waals surface area (Å²) in [5.41, 5.74) is 4.19. The zero-order valence-electron chi connectivity index (χ0n) is 20.9. The summed E-state index contributed by atoms with van der Waals surface area (Å²) in [4.78, 5) is 0. The average Bonchev–Trinajstić information content (AvgIpc) is 3.35. The Balaban J connectivity index is 1.50. The van der Waals surface area contributed by atoms with Crippen LogP contribution in [0.2, 0.25) is 0 Å². The number of rotatable bonds is 9. The molecule has 0 spiro atoms. The first kappa shape index (κ1) is 24.5. The molecule has 7 heteroatoms. The molecule has 0 saturated heterocycles. The SMILES string of the molecule is CCCCOc1ccc([C@H]2Oc3ccc(Br)cc3[C@@H]3CC(c4ccc(OCC)cc4)=NN23)cc1OC. The van der Waals surface area contributed by atoms with E-state index in [2.05, 4.69) is 46.1 Å². The number of hydrogen-bond acceptors (Lipinski definition) is 6. The number of benzene rings is 3. The minimum Gasteiger partial charge on any atom is -0.494 e. The van der Waals surface area contributed by atoms with Gasteiger partial charge in [-0.2, -0.15) is 5.10 Å². The number of ether oxygens (including phenoxy) is 4. The molecule has 0 N–H and O–H groups in total. The van der Waals surface area contributed by atoms with Crippen molar-refractivity contribution in [2.75, 3.05) is 20.3 Å². The highest BCUT2D eigenvalue weighted by Gasteiger charge is 2.41. The lowest BCUT2D eigenvalue weighted by Crippen LogP contribution is -2.33. The monoisotopic (exact) mass is 550 g/mol. The van der Waals surface area contributed by atoms with Gasteiger partial charge >= 0.3 is 0 Å². The number of nitrogens with zero attached hydrogens (tertiary/aromatic N) is 2. The smallest absolute Gasteiger partial charge is 0.214 e. The summed E-state index contributed by atoms with van der Waals surface area (Å²) in [6.07, 6.45) is 2.48. The maximum Gasteiger partial charge on any atom is 0.214 e. The van der Waals surface area contributed by atoms with Crippen molar-refractivity contribution in [1.29, 1.82) is 0 Å². The van der Waals surface area contributed by atoms with Crippen LogP contribution in [0.3, 0.4) is 0 Å². The van der Waals surface area contributed by atoms with E-state index in [1.165, 1.54) is 0 Å². The molecule has 2 atom stereocenters. The lowest BCUT2D eigenvalue weighted by Gasteiger charge is -2.38. The van der Waals surface area contributed by atoms with Gasteiger partial charge in [-0.05, 0) is 79.6 Å². The molecular formula is C29H31BrN2O4. The van der Waals surface area contributed by atoms with Crippen molar-refractivity contribution < 1.29 is 18.9 Å². The zero-order chi connectivity index (χ0) is 25.1.